The zero-order chi connectivity index (χ0) is 11.8. The average molecular weight is 281 g/mol. The first-order valence-corrected chi connectivity index (χ1v) is 5.68. The molecule has 0 spiro atoms. The van der Waals surface area contributed by atoms with Gasteiger partial charge in [-0.2, -0.15) is 0 Å². The Labute approximate surface area is 98.5 Å². The van der Waals surface area contributed by atoms with Crippen LogP contribution < -0.4 is 0 Å². The lowest BCUT2D eigenvalue weighted by atomic mass is 10.4. The Morgan fingerprint density at radius 2 is 1.87 bits per heavy atom. The Bertz CT molecular complexity index is 221. The molecule has 0 saturated heterocycles. The van der Waals surface area contributed by atoms with E-state index in [-0.39, 0.29) is 23.7 Å². The Kier molecular flexibility index (Phi) is 7.33. The van der Waals surface area contributed by atoms with Crippen LogP contribution in [0.5, 0.6) is 0 Å². The van der Waals surface area contributed by atoms with Crippen LogP contribution in [0.15, 0.2) is 0 Å². The molecule has 0 aromatic rings. The number of hydrogen-bond acceptors (Lipinski definition) is 3. The quantitative estimate of drug-likeness (QED) is 0.641. The third kappa shape index (κ3) is 5.74. The minimum absolute atomic E-state index is 0.0968. The average Bonchev–Trinajstić information content (AvgIpc) is 2.22. The molecule has 0 aromatic heterocycles. The molecule has 0 saturated carbocycles. The van der Waals surface area contributed by atoms with Crippen LogP contribution in [0.4, 0.5) is 0 Å². The zero-order valence-electron chi connectivity index (χ0n) is 9.33. The summed E-state index contributed by atoms with van der Waals surface area (Å²) in [5, 5.41) is 0.220. The monoisotopic (exact) mass is 280 g/mol. The fourth-order valence-electron chi connectivity index (χ4n) is 0.883. The van der Waals surface area contributed by atoms with Crippen molar-refractivity contribution in [1.82, 2.24) is 9.80 Å². The smallest absolute Gasteiger partial charge is 0.241 e. The maximum atomic E-state index is 11.4. The predicted octanol–water partition coefficient (Wildman–Crippen LogP) is -0.0555. The van der Waals surface area contributed by atoms with E-state index in [9.17, 15) is 9.59 Å². The number of halogens is 1. The van der Waals surface area contributed by atoms with Gasteiger partial charge in [0.05, 0.1) is 18.5 Å². The van der Waals surface area contributed by atoms with Crippen molar-refractivity contribution >= 4 is 27.7 Å². The van der Waals surface area contributed by atoms with Gasteiger partial charge in [-0.3, -0.25) is 9.59 Å². The standard InChI is InChI=1S/C9H17BrN2O3/c1-11(2)9(14)7-12(4-5-15-3)8(13)6-10/h4-7H2,1-3H3. The largest absolute Gasteiger partial charge is 0.383 e. The molecular weight excluding hydrogens is 264 g/mol. The van der Waals surface area contributed by atoms with Crippen molar-refractivity contribution in [2.24, 2.45) is 0 Å². The van der Waals surface area contributed by atoms with Crippen molar-refractivity contribution in [3.05, 3.63) is 0 Å². The van der Waals surface area contributed by atoms with Gasteiger partial charge in [0.2, 0.25) is 11.8 Å². The second-order valence-corrected chi connectivity index (χ2v) is 3.79. The lowest BCUT2D eigenvalue weighted by Gasteiger charge is -2.22. The number of rotatable bonds is 6. The summed E-state index contributed by atoms with van der Waals surface area (Å²) in [6.07, 6.45) is 0. The Hall–Kier alpha value is -0.620. The molecule has 0 aliphatic rings. The van der Waals surface area contributed by atoms with E-state index in [1.165, 1.54) is 9.80 Å². The highest BCUT2D eigenvalue weighted by Gasteiger charge is 2.16. The molecule has 0 rings (SSSR count). The third-order valence-corrected chi connectivity index (χ3v) is 2.34. The highest BCUT2D eigenvalue weighted by atomic mass is 79.9. The van der Waals surface area contributed by atoms with E-state index >= 15 is 0 Å². The maximum Gasteiger partial charge on any atom is 0.241 e. The number of methoxy groups -OCH3 is 1. The molecular formula is C9H17BrN2O3. The number of hydrogen-bond donors (Lipinski definition) is 0. The van der Waals surface area contributed by atoms with Gasteiger partial charge >= 0.3 is 0 Å². The molecule has 88 valence electrons. The molecule has 0 heterocycles. The highest BCUT2D eigenvalue weighted by Crippen LogP contribution is 1.96. The first kappa shape index (κ1) is 14.4. The lowest BCUT2D eigenvalue weighted by molar-refractivity contribution is -0.138. The molecule has 0 radical (unpaired) electrons. The second-order valence-electron chi connectivity index (χ2n) is 3.23. The first-order valence-electron chi connectivity index (χ1n) is 4.55. The van der Waals surface area contributed by atoms with E-state index < -0.39 is 0 Å². The van der Waals surface area contributed by atoms with Gasteiger partial charge in [0, 0.05) is 27.7 Å². The van der Waals surface area contributed by atoms with Gasteiger partial charge in [0.1, 0.15) is 0 Å². The topological polar surface area (TPSA) is 49.9 Å². The number of amides is 2. The van der Waals surface area contributed by atoms with Crippen LogP contribution in [-0.2, 0) is 14.3 Å². The summed E-state index contributed by atoms with van der Waals surface area (Å²) in [5.74, 6) is -0.206. The first-order chi connectivity index (χ1) is 7.02. The van der Waals surface area contributed by atoms with Crippen LogP contribution in [0, 0.1) is 0 Å². The van der Waals surface area contributed by atoms with Crippen LogP contribution in [0.25, 0.3) is 0 Å². The Morgan fingerprint density at radius 3 is 2.27 bits per heavy atom. The summed E-state index contributed by atoms with van der Waals surface area (Å²) in [6.45, 7) is 0.959. The lowest BCUT2D eigenvalue weighted by Crippen LogP contribution is -2.42. The van der Waals surface area contributed by atoms with Gasteiger partial charge in [-0.05, 0) is 0 Å². The van der Waals surface area contributed by atoms with Gasteiger partial charge in [-0.1, -0.05) is 15.9 Å². The van der Waals surface area contributed by atoms with Crippen LogP contribution in [0.3, 0.4) is 0 Å². The predicted molar refractivity (Wildman–Crippen MR) is 60.9 cm³/mol. The van der Waals surface area contributed by atoms with Crippen molar-refractivity contribution in [1.29, 1.82) is 0 Å². The van der Waals surface area contributed by atoms with E-state index in [1.807, 2.05) is 0 Å². The van der Waals surface area contributed by atoms with Gasteiger partial charge in [-0.25, -0.2) is 0 Å². The highest BCUT2D eigenvalue weighted by molar-refractivity contribution is 9.09. The molecule has 0 aliphatic heterocycles. The van der Waals surface area contributed by atoms with Gasteiger partial charge in [0.25, 0.3) is 0 Å². The summed E-state index contributed by atoms with van der Waals surface area (Å²) < 4.78 is 4.87. The van der Waals surface area contributed by atoms with Crippen LogP contribution in [0.2, 0.25) is 0 Å². The molecule has 0 N–H and O–H groups in total. The SMILES string of the molecule is COCCN(CC(=O)N(C)C)C(=O)CBr. The molecule has 0 aliphatic carbocycles. The van der Waals surface area contributed by atoms with E-state index in [1.54, 1.807) is 21.2 Å². The molecule has 0 bridgehead atoms. The minimum Gasteiger partial charge on any atom is -0.383 e. The molecule has 0 unspecified atom stereocenters. The number of likely N-dealkylation sites (N-methyl/N-ethyl adjacent to an activating group) is 1. The molecule has 15 heavy (non-hydrogen) atoms. The van der Waals surface area contributed by atoms with Crippen molar-refractivity contribution in [3.8, 4) is 0 Å². The van der Waals surface area contributed by atoms with E-state index in [0.29, 0.717) is 13.2 Å². The van der Waals surface area contributed by atoms with Gasteiger partial charge in [-0.15, -0.1) is 0 Å². The summed E-state index contributed by atoms with van der Waals surface area (Å²) in [5.41, 5.74) is 0. The number of alkyl halides is 1. The van der Waals surface area contributed by atoms with Gasteiger partial charge in [0.15, 0.2) is 0 Å². The molecule has 2 amide bonds. The van der Waals surface area contributed by atoms with Crippen LogP contribution in [-0.4, -0.2) is 67.8 Å². The summed E-state index contributed by atoms with van der Waals surface area (Å²) in [7, 11) is 4.88. The fourth-order valence-corrected chi connectivity index (χ4v) is 1.24. The Balaban J connectivity index is 4.23. The third-order valence-electron chi connectivity index (χ3n) is 1.86. The van der Waals surface area contributed by atoms with Crippen LogP contribution in [0.1, 0.15) is 0 Å². The molecule has 5 nitrogen and oxygen atoms in total. The zero-order valence-corrected chi connectivity index (χ0v) is 10.9. The molecule has 0 aromatic carbocycles. The van der Waals surface area contributed by atoms with Crippen LogP contribution >= 0.6 is 15.9 Å². The summed E-state index contributed by atoms with van der Waals surface area (Å²) >= 11 is 3.08. The van der Waals surface area contributed by atoms with Crippen molar-refractivity contribution in [2.45, 2.75) is 0 Å². The Morgan fingerprint density at radius 1 is 1.27 bits per heavy atom. The summed E-state index contributed by atoms with van der Waals surface area (Å²) in [4.78, 5) is 25.8. The number of carbonyl (C=O) groups is 2. The number of ether oxygens (including phenoxy) is 1. The molecule has 0 atom stereocenters. The normalized spacial score (nSPS) is 9.87. The number of nitrogens with zero attached hydrogens (tertiary/aromatic N) is 2. The second kappa shape index (κ2) is 7.64. The maximum absolute atomic E-state index is 11.4. The fraction of sp³-hybridized carbons (Fsp3) is 0.778. The van der Waals surface area contributed by atoms with Gasteiger partial charge < -0.3 is 14.5 Å². The molecule has 6 heteroatoms. The van der Waals surface area contributed by atoms with E-state index in [2.05, 4.69) is 15.9 Å². The molecule has 0 fully saturated rings. The summed E-state index contributed by atoms with van der Waals surface area (Å²) in [6, 6.07) is 0. The minimum atomic E-state index is -0.109. The van der Waals surface area contributed by atoms with Crippen molar-refractivity contribution in [2.75, 3.05) is 46.2 Å². The van der Waals surface area contributed by atoms with Crippen molar-refractivity contribution in [3.63, 3.8) is 0 Å². The van der Waals surface area contributed by atoms with E-state index in [0.717, 1.165) is 0 Å². The van der Waals surface area contributed by atoms with Crippen molar-refractivity contribution < 1.29 is 14.3 Å². The van der Waals surface area contributed by atoms with E-state index in [4.69, 9.17) is 4.74 Å². The number of carbonyl (C=O) groups excluding carboxylic acids is 2.